The number of sulfonamides is 1. The fourth-order valence-corrected chi connectivity index (χ4v) is 3.67. The summed E-state index contributed by atoms with van der Waals surface area (Å²) in [7, 11) is -3.81. The van der Waals surface area contributed by atoms with Gasteiger partial charge < -0.3 is 5.11 Å². The molecule has 0 radical (unpaired) electrons. The molecular weight excluding hydrogens is 334 g/mol. The van der Waals surface area contributed by atoms with Crippen LogP contribution in [0.1, 0.15) is 22.8 Å². The fourth-order valence-electron chi connectivity index (χ4n) is 1.41. The van der Waals surface area contributed by atoms with Crippen LogP contribution in [0.25, 0.3) is 0 Å². The summed E-state index contributed by atoms with van der Waals surface area (Å²) in [6, 6.07) is 2.07. The zero-order valence-corrected chi connectivity index (χ0v) is 12.9. The molecule has 0 heterocycles. The summed E-state index contributed by atoms with van der Waals surface area (Å²) in [5.74, 6) is -1.18. The second-order valence-corrected chi connectivity index (χ2v) is 6.53. The molecule has 1 unspecified atom stereocenters. The molecule has 0 bridgehead atoms. The zero-order chi connectivity index (χ0) is 14.8. The number of rotatable bonds is 5. The number of hydrogen-bond acceptors (Lipinski definition) is 3. The summed E-state index contributed by atoms with van der Waals surface area (Å²) in [6.07, 6.45) is 1.44. The highest BCUT2D eigenvalue weighted by atomic mass is 79.9. The lowest BCUT2D eigenvalue weighted by atomic mass is 10.1. The summed E-state index contributed by atoms with van der Waals surface area (Å²) < 4.78 is 27.1. The van der Waals surface area contributed by atoms with Crippen molar-refractivity contribution in [3.8, 4) is 0 Å². The van der Waals surface area contributed by atoms with Gasteiger partial charge in [-0.3, -0.25) is 0 Å². The summed E-state index contributed by atoms with van der Waals surface area (Å²) in [6.45, 7) is 6.75. The van der Waals surface area contributed by atoms with E-state index in [1.165, 1.54) is 12.1 Å². The molecule has 7 heteroatoms. The third-order valence-corrected chi connectivity index (χ3v) is 5.35. The highest BCUT2D eigenvalue weighted by molar-refractivity contribution is 9.10. The van der Waals surface area contributed by atoms with Gasteiger partial charge in [-0.15, -0.1) is 6.58 Å². The van der Waals surface area contributed by atoms with E-state index in [1.54, 1.807) is 13.8 Å². The molecule has 0 aromatic heterocycles. The standard InChI is InChI=1S/C12H14BrNO4S/c1-4-8(3)14-19(17,18)10-6-9(12(15)16)5-7(2)11(10)13/h4-6,8,14H,1H2,2-3H3,(H,15,16). The molecule has 5 nitrogen and oxygen atoms in total. The van der Waals surface area contributed by atoms with Crippen LogP contribution in [0.5, 0.6) is 0 Å². The van der Waals surface area contributed by atoms with Crippen molar-refractivity contribution in [1.82, 2.24) is 4.72 Å². The topological polar surface area (TPSA) is 83.5 Å². The molecule has 2 N–H and O–H groups in total. The third kappa shape index (κ3) is 3.65. The lowest BCUT2D eigenvalue weighted by Crippen LogP contribution is -2.31. The predicted molar refractivity (Wildman–Crippen MR) is 75.8 cm³/mol. The van der Waals surface area contributed by atoms with E-state index in [-0.39, 0.29) is 10.5 Å². The van der Waals surface area contributed by atoms with Gasteiger partial charge in [0.1, 0.15) is 0 Å². The third-order valence-electron chi connectivity index (χ3n) is 2.45. The van der Waals surface area contributed by atoms with Gasteiger partial charge in [0.05, 0.1) is 10.5 Å². The zero-order valence-electron chi connectivity index (χ0n) is 10.5. The number of hydrogen-bond donors (Lipinski definition) is 2. The smallest absolute Gasteiger partial charge is 0.335 e. The number of halogens is 1. The first-order valence-electron chi connectivity index (χ1n) is 5.37. The first kappa shape index (κ1) is 15.9. The number of carboxylic acids is 1. The average molecular weight is 348 g/mol. The number of carbonyl (C=O) groups is 1. The molecule has 1 aromatic rings. The van der Waals surface area contributed by atoms with Crippen molar-refractivity contribution in [1.29, 1.82) is 0 Å². The normalized spacial score (nSPS) is 13.0. The Hall–Kier alpha value is -1.18. The molecule has 0 amide bonds. The van der Waals surface area contributed by atoms with Crippen molar-refractivity contribution >= 4 is 31.9 Å². The van der Waals surface area contributed by atoms with Gasteiger partial charge in [0.25, 0.3) is 0 Å². The fraction of sp³-hybridized carbons (Fsp3) is 0.250. The molecule has 104 valence electrons. The number of carboxylic acid groups (broad SMARTS) is 1. The second-order valence-electron chi connectivity index (χ2n) is 4.06. The van der Waals surface area contributed by atoms with Gasteiger partial charge in [-0.2, -0.15) is 0 Å². The molecule has 0 aliphatic rings. The molecule has 1 atom stereocenters. The van der Waals surface area contributed by atoms with E-state index >= 15 is 0 Å². The lowest BCUT2D eigenvalue weighted by molar-refractivity contribution is 0.0696. The largest absolute Gasteiger partial charge is 0.478 e. The van der Waals surface area contributed by atoms with Crippen LogP contribution in [0.2, 0.25) is 0 Å². The Morgan fingerprint density at radius 3 is 2.58 bits per heavy atom. The quantitative estimate of drug-likeness (QED) is 0.800. The maximum absolute atomic E-state index is 12.2. The average Bonchev–Trinajstić information content (AvgIpc) is 2.31. The van der Waals surface area contributed by atoms with Crippen LogP contribution in [-0.4, -0.2) is 25.5 Å². The van der Waals surface area contributed by atoms with E-state index in [0.29, 0.717) is 10.0 Å². The summed E-state index contributed by atoms with van der Waals surface area (Å²) in [5.41, 5.74) is 0.457. The highest BCUT2D eigenvalue weighted by Crippen LogP contribution is 2.27. The molecule has 0 aliphatic carbocycles. The molecule has 0 spiro atoms. The van der Waals surface area contributed by atoms with Crippen LogP contribution in [0.3, 0.4) is 0 Å². The molecule has 1 aromatic carbocycles. The number of nitrogens with one attached hydrogen (secondary N) is 1. The van der Waals surface area contributed by atoms with Crippen molar-refractivity contribution < 1.29 is 18.3 Å². The van der Waals surface area contributed by atoms with Crippen LogP contribution in [-0.2, 0) is 10.0 Å². The van der Waals surface area contributed by atoms with Crippen molar-refractivity contribution in [3.05, 3.63) is 40.4 Å². The van der Waals surface area contributed by atoms with Gasteiger partial charge >= 0.3 is 5.97 Å². The van der Waals surface area contributed by atoms with Crippen LogP contribution < -0.4 is 4.72 Å². The lowest BCUT2D eigenvalue weighted by Gasteiger charge is -2.13. The van der Waals surface area contributed by atoms with Gasteiger partial charge in [-0.1, -0.05) is 6.08 Å². The van der Waals surface area contributed by atoms with Crippen LogP contribution in [0.15, 0.2) is 34.2 Å². The maximum atomic E-state index is 12.2. The maximum Gasteiger partial charge on any atom is 0.335 e. The van der Waals surface area contributed by atoms with Gasteiger partial charge in [0.2, 0.25) is 10.0 Å². The molecule has 0 aliphatic heterocycles. The Morgan fingerprint density at radius 1 is 1.53 bits per heavy atom. The first-order chi connectivity index (χ1) is 8.69. The summed E-state index contributed by atoms with van der Waals surface area (Å²) >= 11 is 3.17. The van der Waals surface area contributed by atoms with Crippen LogP contribution in [0.4, 0.5) is 0 Å². The Kier molecular flexibility index (Phi) is 4.89. The molecular formula is C12H14BrNO4S. The SMILES string of the molecule is C=CC(C)NS(=O)(=O)c1cc(C(=O)O)cc(C)c1Br. The summed E-state index contributed by atoms with van der Waals surface area (Å²) in [5, 5.41) is 8.97. The van der Waals surface area contributed by atoms with E-state index in [0.717, 1.165) is 6.07 Å². The van der Waals surface area contributed by atoms with E-state index in [2.05, 4.69) is 27.2 Å². The van der Waals surface area contributed by atoms with Gasteiger partial charge in [0.15, 0.2) is 0 Å². The minimum atomic E-state index is -3.81. The van der Waals surface area contributed by atoms with Gasteiger partial charge in [-0.25, -0.2) is 17.9 Å². The van der Waals surface area contributed by atoms with Crippen molar-refractivity contribution in [3.63, 3.8) is 0 Å². The van der Waals surface area contributed by atoms with Gasteiger partial charge in [0, 0.05) is 10.5 Å². The molecule has 19 heavy (non-hydrogen) atoms. The van der Waals surface area contributed by atoms with E-state index < -0.39 is 22.0 Å². The number of benzene rings is 1. The van der Waals surface area contributed by atoms with Crippen molar-refractivity contribution in [2.45, 2.75) is 24.8 Å². The van der Waals surface area contributed by atoms with Gasteiger partial charge in [-0.05, 0) is 47.5 Å². The second kappa shape index (κ2) is 5.85. The number of aromatic carboxylic acids is 1. The molecule has 1 rings (SSSR count). The van der Waals surface area contributed by atoms with E-state index in [4.69, 9.17) is 5.11 Å². The highest BCUT2D eigenvalue weighted by Gasteiger charge is 2.22. The first-order valence-corrected chi connectivity index (χ1v) is 7.65. The summed E-state index contributed by atoms with van der Waals surface area (Å²) in [4.78, 5) is 10.9. The Morgan fingerprint density at radius 2 is 2.11 bits per heavy atom. The number of aryl methyl sites for hydroxylation is 1. The molecule has 0 fully saturated rings. The van der Waals surface area contributed by atoms with Crippen molar-refractivity contribution in [2.24, 2.45) is 0 Å². The minimum Gasteiger partial charge on any atom is -0.478 e. The Bertz CT molecular complexity index is 625. The van der Waals surface area contributed by atoms with Crippen LogP contribution >= 0.6 is 15.9 Å². The molecule has 0 saturated heterocycles. The monoisotopic (exact) mass is 347 g/mol. The van der Waals surface area contributed by atoms with E-state index in [1.807, 2.05) is 0 Å². The Balaban J connectivity index is 3.41. The van der Waals surface area contributed by atoms with E-state index in [9.17, 15) is 13.2 Å². The Labute approximate surface area is 120 Å². The van der Waals surface area contributed by atoms with Crippen LogP contribution in [0, 0.1) is 6.92 Å². The van der Waals surface area contributed by atoms with Crippen molar-refractivity contribution in [2.75, 3.05) is 0 Å². The predicted octanol–water partition coefficient (Wildman–Crippen LogP) is 2.31. The minimum absolute atomic E-state index is 0.0765. The molecule has 0 saturated carbocycles.